The van der Waals surface area contributed by atoms with Gasteiger partial charge in [0.2, 0.25) is 0 Å². The molecule has 1 heterocycles. The van der Waals surface area contributed by atoms with Crippen molar-refractivity contribution in [2.24, 2.45) is 7.05 Å². The summed E-state index contributed by atoms with van der Waals surface area (Å²) in [5.74, 6) is 0. The summed E-state index contributed by atoms with van der Waals surface area (Å²) in [7, 11) is 1.59. The van der Waals surface area contributed by atoms with Crippen LogP contribution in [0.3, 0.4) is 0 Å². The van der Waals surface area contributed by atoms with Crippen LogP contribution in [0.2, 0.25) is 0 Å². The van der Waals surface area contributed by atoms with Gasteiger partial charge in [0.05, 0.1) is 9.30 Å². The van der Waals surface area contributed by atoms with Crippen LogP contribution in [0.1, 0.15) is 13.7 Å². The average Bonchev–Trinajstić information content (AvgIpc) is 2.45. The van der Waals surface area contributed by atoms with Crippen molar-refractivity contribution in [1.82, 2.24) is 9.13 Å². The van der Waals surface area contributed by atoms with Crippen LogP contribution >= 0.6 is 12.2 Å². The Morgan fingerprint density at radius 2 is 2.67 bits per heavy atom. The van der Waals surface area contributed by atoms with Gasteiger partial charge in [-0.2, -0.15) is 0 Å². The van der Waals surface area contributed by atoms with Crippen molar-refractivity contribution < 1.29 is 16.4 Å². The van der Waals surface area contributed by atoms with Crippen LogP contribution in [0.15, 0.2) is 12.4 Å². The van der Waals surface area contributed by atoms with Crippen LogP contribution in [0.5, 0.6) is 0 Å². The maximum absolute atomic E-state index is 11.5. The van der Waals surface area contributed by atoms with E-state index in [1.54, 1.807) is 7.05 Å². The summed E-state index contributed by atoms with van der Waals surface area (Å²) >= 11 is 4.85. The molecule has 0 saturated heterocycles. The van der Waals surface area contributed by atoms with E-state index in [0.717, 1.165) is 4.57 Å². The highest BCUT2D eigenvalue weighted by atomic mass is 32.1. The molecule has 1 rings (SSSR count). The molecular weight excluding hydrogens is 176 g/mol. The van der Waals surface area contributed by atoms with E-state index in [-0.39, 0.29) is 4.77 Å². The lowest BCUT2D eigenvalue weighted by atomic mass is 10.8. The fourth-order valence-corrected chi connectivity index (χ4v) is 0.892. The van der Waals surface area contributed by atoms with Gasteiger partial charge in [-0.15, -0.1) is 0 Å². The first kappa shape index (κ1) is 4.23. The zero-order valence-corrected chi connectivity index (χ0v) is 7.09. The van der Waals surface area contributed by atoms with Crippen LogP contribution in [-0.4, -0.2) is 21.8 Å². The van der Waals surface area contributed by atoms with E-state index in [0.29, 0.717) is 0 Å². The van der Waals surface area contributed by atoms with Crippen molar-refractivity contribution in [3.63, 3.8) is 0 Å². The third kappa shape index (κ3) is 1.55. The number of rotatable bonds is 1. The highest BCUT2D eigenvalue weighted by molar-refractivity contribution is 7.71. The minimum atomic E-state index is -3.06. The lowest BCUT2D eigenvalue weighted by molar-refractivity contribution is 0.153. The molecule has 0 atom stereocenters. The largest absolute Gasteiger partial charge is 0.449 e. The van der Waals surface area contributed by atoms with Crippen molar-refractivity contribution >= 4 is 18.3 Å². The quantitative estimate of drug-likeness (QED) is 0.632. The van der Waals surface area contributed by atoms with E-state index in [1.807, 2.05) is 0 Å². The summed E-state index contributed by atoms with van der Waals surface area (Å²) in [6, 6.07) is 0. The minimum absolute atomic E-state index is 0.0799. The van der Waals surface area contributed by atoms with Crippen LogP contribution in [0.25, 0.3) is 0 Å². The summed E-state index contributed by atoms with van der Waals surface area (Å²) in [5.41, 5.74) is 0. The van der Waals surface area contributed by atoms with Crippen molar-refractivity contribution in [2.75, 3.05) is 6.56 Å². The smallest absolute Gasteiger partial charge is 0.420 e. The SMILES string of the molecule is [2H]C([2H])([2H])C([2H])([2H])OC(=O)n1ccn(C)c1=S. The molecule has 0 amide bonds. The first-order chi connectivity index (χ1) is 7.56. The molecule has 1 aromatic rings. The van der Waals surface area contributed by atoms with E-state index in [1.165, 1.54) is 17.0 Å². The predicted molar refractivity (Wildman–Crippen MR) is 46.7 cm³/mol. The summed E-state index contributed by atoms with van der Waals surface area (Å²) in [6.45, 7) is -6.12. The standard InChI is InChI=1S/C7H10N2O2S/c1-3-11-7(10)9-5-4-8(2)6(9)12/h4-5H,3H2,1-2H3/i1D3,3D2. The molecule has 1 aromatic heterocycles. The first-order valence-electron chi connectivity index (χ1n) is 5.53. The molecule has 0 saturated carbocycles. The van der Waals surface area contributed by atoms with E-state index in [2.05, 4.69) is 4.74 Å². The lowest BCUT2D eigenvalue weighted by Crippen LogP contribution is -2.13. The van der Waals surface area contributed by atoms with Crippen LogP contribution in [-0.2, 0) is 11.8 Å². The van der Waals surface area contributed by atoms with Crippen molar-refractivity contribution in [3.05, 3.63) is 17.2 Å². The fourth-order valence-electron chi connectivity index (χ4n) is 0.696. The number of hydrogen-bond donors (Lipinski definition) is 0. The van der Waals surface area contributed by atoms with Gasteiger partial charge in [0.25, 0.3) is 0 Å². The molecule has 0 aliphatic carbocycles. The number of aromatic nitrogens is 2. The Morgan fingerprint density at radius 3 is 3.17 bits per heavy atom. The van der Waals surface area contributed by atoms with Crippen LogP contribution in [0, 0.1) is 4.77 Å². The second-order valence-corrected chi connectivity index (χ2v) is 2.40. The monoisotopic (exact) mass is 191 g/mol. The van der Waals surface area contributed by atoms with E-state index in [4.69, 9.17) is 19.1 Å². The molecule has 0 bridgehead atoms. The van der Waals surface area contributed by atoms with Gasteiger partial charge in [0.1, 0.15) is 0 Å². The highest BCUT2D eigenvalue weighted by Crippen LogP contribution is 1.96. The zero-order valence-electron chi connectivity index (χ0n) is 11.3. The number of ether oxygens (including phenoxy) is 1. The topological polar surface area (TPSA) is 36.2 Å². The Hall–Kier alpha value is -1.10. The van der Waals surface area contributed by atoms with Gasteiger partial charge in [-0.3, -0.25) is 0 Å². The summed E-state index contributed by atoms with van der Waals surface area (Å²) in [4.78, 5) is 11.5. The second kappa shape index (κ2) is 3.53. The summed E-state index contributed by atoms with van der Waals surface area (Å²) < 4.78 is 41.6. The molecule has 0 aliphatic heterocycles. The number of carbonyl (C=O) groups excluding carboxylic acids is 1. The Kier molecular flexibility index (Phi) is 1.24. The molecule has 66 valence electrons. The van der Waals surface area contributed by atoms with Gasteiger partial charge in [-0.05, 0) is 19.1 Å². The lowest BCUT2D eigenvalue weighted by Gasteiger charge is -2.00. The molecule has 12 heavy (non-hydrogen) atoms. The maximum atomic E-state index is 11.5. The van der Waals surface area contributed by atoms with Gasteiger partial charge in [-0.1, -0.05) is 0 Å². The summed E-state index contributed by atoms with van der Waals surface area (Å²) in [6.07, 6.45) is 1.56. The van der Waals surface area contributed by atoms with Gasteiger partial charge in [0.15, 0.2) is 4.77 Å². The Morgan fingerprint density at radius 1 is 1.92 bits per heavy atom. The molecule has 4 nitrogen and oxygen atoms in total. The Labute approximate surface area is 82.4 Å². The summed E-state index contributed by atoms with van der Waals surface area (Å²) in [5, 5.41) is 0. The predicted octanol–water partition coefficient (Wildman–Crippen LogP) is 1.56. The highest BCUT2D eigenvalue weighted by Gasteiger charge is 2.05. The Balaban J connectivity index is 2.95. The molecule has 0 spiro atoms. The van der Waals surface area contributed by atoms with Crippen molar-refractivity contribution in [2.45, 2.75) is 6.85 Å². The van der Waals surface area contributed by atoms with Gasteiger partial charge >= 0.3 is 6.09 Å². The third-order valence-electron chi connectivity index (χ3n) is 1.28. The molecule has 0 aromatic carbocycles. The molecule has 0 aliphatic rings. The molecule has 0 N–H and O–H groups in total. The van der Waals surface area contributed by atoms with Crippen LogP contribution in [0.4, 0.5) is 4.79 Å². The number of imidazole rings is 1. The maximum Gasteiger partial charge on any atom is 0.420 e. The number of nitrogens with zero attached hydrogens (tertiary/aromatic N) is 2. The molecule has 5 heteroatoms. The first-order valence-corrected chi connectivity index (χ1v) is 3.44. The molecule has 0 unspecified atom stereocenters. The average molecular weight is 191 g/mol. The molecule has 0 radical (unpaired) electrons. The van der Waals surface area contributed by atoms with Crippen molar-refractivity contribution in [3.8, 4) is 0 Å². The molecular formula is C7H10N2O2S. The Bertz CT molecular complexity index is 489. The zero-order chi connectivity index (χ0) is 13.4. The van der Waals surface area contributed by atoms with Gasteiger partial charge in [-0.25, -0.2) is 9.36 Å². The second-order valence-electron chi connectivity index (χ2n) is 2.03. The van der Waals surface area contributed by atoms with E-state index >= 15 is 0 Å². The number of carbonyl (C=O) groups is 1. The minimum Gasteiger partial charge on any atom is -0.449 e. The van der Waals surface area contributed by atoms with Crippen molar-refractivity contribution in [1.29, 1.82) is 0 Å². The number of hydrogen-bond acceptors (Lipinski definition) is 3. The fraction of sp³-hybridized carbons (Fsp3) is 0.429. The van der Waals surface area contributed by atoms with E-state index in [9.17, 15) is 4.79 Å². The van der Waals surface area contributed by atoms with E-state index < -0.39 is 19.5 Å². The third-order valence-corrected chi connectivity index (χ3v) is 1.77. The number of aryl methyl sites for hydroxylation is 1. The van der Waals surface area contributed by atoms with Gasteiger partial charge in [0, 0.05) is 23.6 Å². The molecule has 0 fully saturated rings. The van der Waals surface area contributed by atoms with Crippen LogP contribution < -0.4 is 0 Å². The van der Waals surface area contributed by atoms with Gasteiger partial charge < -0.3 is 9.30 Å². The normalized spacial score (nSPS) is 18.2.